The maximum Gasteiger partial charge on any atom is 0.177 e. The zero-order valence-corrected chi connectivity index (χ0v) is 9.02. The van der Waals surface area contributed by atoms with E-state index in [2.05, 4.69) is 12.6 Å². The Bertz CT molecular complexity index is 450. The van der Waals surface area contributed by atoms with Crippen LogP contribution in [0.2, 0.25) is 0 Å². The van der Waals surface area contributed by atoms with Crippen molar-refractivity contribution in [3.8, 4) is 0 Å². The van der Waals surface area contributed by atoms with E-state index < -0.39 is 0 Å². The summed E-state index contributed by atoms with van der Waals surface area (Å²) in [5.41, 5.74) is 0.973. The van der Waals surface area contributed by atoms with Gasteiger partial charge in [-0.1, -0.05) is 0 Å². The lowest BCUT2D eigenvalue weighted by Crippen LogP contribution is -1.77. The van der Waals surface area contributed by atoms with Crippen molar-refractivity contribution in [2.24, 2.45) is 0 Å². The fourth-order valence-corrected chi connectivity index (χ4v) is 2.68. The number of halogens is 2. The van der Waals surface area contributed by atoms with Gasteiger partial charge in [-0.05, 0) is 23.8 Å². The molecule has 0 radical (unpaired) electrons. The second-order valence-corrected chi connectivity index (χ2v) is 4.49. The lowest BCUT2D eigenvalue weighted by Gasteiger charge is -1.98. The van der Waals surface area contributed by atoms with Crippen molar-refractivity contribution in [3.05, 3.63) is 28.9 Å². The molecular formula is C9H6ClFS2. The summed E-state index contributed by atoms with van der Waals surface area (Å²) in [6.45, 7) is 0. The molecule has 0 amide bonds. The molecule has 2 rings (SSSR count). The summed E-state index contributed by atoms with van der Waals surface area (Å²) in [6, 6.07) is 5.26. The Balaban J connectivity index is 2.75. The second-order valence-electron chi connectivity index (χ2n) is 2.71. The Morgan fingerprint density at radius 2 is 2.15 bits per heavy atom. The molecule has 68 valence electrons. The van der Waals surface area contributed by atoms with E-state index in [1.54, 1.807) is 0 Å². The molecule has 0 unspecified atom stereocenters. The zero-order valence-electron chi connectivity index (χ0n) is 6.55. The first-order valence-electron chi connectivity index (χ1n) is 3.67. The highest BCUT2D eigenvalue weighted by molar-refractivity contribution is 7.80. The van der Waals surface area contributed by atoms with Gasteiger partial charge in [0.15, 0.2) is 5.13 Å². The number of hydrogen-bond acceptors (Lipinski definition) is 2. The normalized spacial score (nSPS) is 11.0. The van der Waals surface area contributed by atoms with Crippen molar-refractivity contribution in [2.45, 2.75) is 10.8 Å². The standard InChI is InChI=1S/C9H6ClFS2/c10-4-5-1-7(12)6-3-9(11)13-8(6)2-5/h1-3,12H,4H2. The summed E-state index contributed by atoms with van der Waals surface area (Å²) in [5, 5.41) is 0.678. The number of fused-ring (bicyclic) bond motifs is 1. The fraction of sp³-hybridized carbons (Fsp3) is 0.111. The van der Waals surface area contributed by atoms with E-state index in [0.717, 1.165) is 31.9 Å². The number of thiol groups is 1. The van der Waals surface area contributed by atoms with E-state index in [1.165, 1.54) is 6.07 Å². The van der Waals surface area contributed by atoms with Crippen molar-refractivity contribution in [3.63, 3.8) is 0 Å². The average molecular weight is 233 g/mol. The van der Waals surface area contributed by atoms with Crippen LogP contribution in [-0.2, 0) is 5.88 Å². The van der Waals surface area contributed by atoms with E-state index in [0.29, 0.717) is 5.88 Å². The molecule has 1 aromatic carbocycles. The summed E-state index contributed by atoms with van der Waals surface area (Å²) in [5.74, 6) is 0.434. The van der Waals surface area contributed by atoms with Crippen LogP contribution in [-0.4, -0.2) is 0 Å². The molecule has 0 fully saturated rings. The third-order valence-corrected chi connectivity index (χ3v) is 3.35. The molecule has 4 heteroatoms. The maximum atomic E-state index is 12.9. The minimum Gasteiger partial charge on any atom is -0.195 e. The highest BCUT2D eigenvalue weighted by atomic mass is 35.5. The van der Waals surface area contributed by atoms with E-state index in [1.807, 2.05) is 12.1 Å². The second kappa shape index (κ2) is 3.48. The van der Waals surface area contributed by atoms with Crippen LogP contribution in [0.4, 0.5) is 4.39 Å². The summed E-state index contributed by atoms with van der Waals surface area (Å²) in [4.78, 5) is 0.785. The summed E-state index contributed by atoms with van der Waals surface area (Å²) in [6.07, 6.45) is 0. The van der Waals surface area contributed by atoms with Crippen LogP contribution < -0.4 is 0 Å². The van der Waals surface area contributed by atoms with Crippen LogP contribution in [0.15, 0.2) is 23.1 Å². The van der Waals surface area contributed by atoms with Gasteiger partial charge in [0.25, 0.3) is 0 Å². The van der Waals surface area contributed by atoms with E-state index >= 15 is 0 Å². The predicted octanol–water partition coefficient (Wildman–Crippen LogP) is 4.07. The topological polar surface area (TPSA) is 0 Å². The van der Waals surface area contributed by atoms with E-state index in [4.69, 9.17) is 11.6 Å². The fourth-order valence-electron chi connectivity index (χ4n) is 1.22. The number of alkyl halides is 1. The molecule has 1 aromatic heterocycles. The Kier molecular flexibility index (Phi) is 2.49. The molecule has 0 saturated carbocycles. The zero-order chi connectivity index (χ0) is 9.42. The number of thiophene rings is 1. The van der Waals surface area contributed by atoms with E-state index in [9.17, 15) is 4.39 Å². The molecule has 0 spiro atoms. The smallest absolute Gasteiger partial charge is 0.177 e. The van der Waals surface area contributed by atoms with Gasteiger partial charge in [-0.15, -0.1) is 35.6 Å². The van der Waals surface area contributed by atoms with Gasteiger partial charge in [0.2, 0.25) is 0 Å². The van der Waals surface area contributed by atoms with Gasteiger partial charge < -0.3 is 0 Å². The van der Waals surface area contributed by atoms with Crippen LogP contribution in [0.25, 0.3) is 10.1 Å². The highest BCUT2D eigenvalue weighted by Gasteiger charge is 2.05. The molecular weight excluding hydrogens is 227 g/mol. The van der Waals surface area contributed by atoms with Crippen molar-refractivity contribution in [1.82, 2.24) is 0 Å². The van der Waals surface area contributed by atoms with Crippen molar-refractivity contribution in [1.29, 1.82) is 0 Å². The van der Waals surface area contributed by atoms with Gasteiger partial charge in [0, 0.05) is 20.9 Å². The number of rotatable bonds is 1. The van der Waals surface area contributed by atoms with Crippen LogP contribution >= 0.6 is 35.6 Å². The Morgan fingerprint density at radius 3 is 2.85 bits per heavy atom. The average Bonchev–Trinajstić information content (AvgIpc) is 2.46. The molecule has 2 aromatic rings. The number of benzene rings is 1. The third kappa shape index (κ3) is 1.68. The van der Waals surface area contributed by atoms with Gasteiger partial charge in [-0.2, -0.15) is 4.39 Å². The Morgan fingerprint density at radius 1 is 1.38 bits per heavy atom. The Hall–Kier alpha value is -0.250. The summed E-state index contributed by atoms with van der Waals surface area (Å²) < 4.78 is 13.8. The minimum absolute atomic E-state index is 0.183. The maximum absolute atomic E-state index is 12.9. The molecule has 0 aliphatic heterocycles. The molecule has 0 bridgehead atoms. The van der Waals surface area contributed by atoms with Gasteiger partial charge in [0.05, 0.1) is 0 Å². The van der Waals surface area contributed by atoms with Gasteiger partial charge in [-0.3, -0.25) is 0 Å². The van der Waals surface area contributed by atoms with Gasteiger partial charge in [0.1, 0.15) is 0 Å². The van der Waals surface area contributed by atoms with Crippen LogP contribution in [0, 0.1) is 5.13 Å². The molecule has 13 heavy (non-hydrogen) atoms. The first-order valence-corrected chi connectivity index (χ1v) is 5.47. The summed E-state index contributed by atoms with van der Waals surface area (Å²) in [7, 11) is 0. The minimum atomic E-state index is -0.183. The molecule has 0 aliphatic carbocycles. The van der Waals surface area contributed by atoms with Crippen LogP contribution in [0.3, 0.4) is 0 Å². The van der Waals surface area contributed by atoms with E-state index in [-0.39, 0.29) is 5.13 Å². The molecule has 0 aliphatic rings. The monoisotopic (exact) mass is 232 g/mol. The van der Waals surface area contributed by atoms with Crippen molar-refractivity contribution in [2.75, 3.05) is 0 Å². The molecule has 0 nitrogen and oxygen atoms in total. The number of hydrogen-bond donors (Lipinski definition) is 1. The Labute approximate surface area is 89.7 Å². The van der Waals surface area contributed by atoms with Gasteiger partial charge >= 0.3 is 0 Å². The summed E-state index contributed by atoms with van der Waals surface area (Å²) >= 11 is 11.1. The molecule has 0 atom stereocenters. The lowest BCUT2D eigenvalue weighted by atomic mass is 10.2. The first-order chi connectivity index (χ1) is 6.20. The molecule has 0 N–H and O–H groups in total. The quantitative estimate of drug-likeness (QED) is 0.556. The lowest BCUT2D eigenvalue weighted by molar-refractivity contribution is 0.658. The van der Waals surface area contributed by atoms with Crippen molar-refractivity contribution < 1.29 is 4.39 Å². The first kappa shape index (κ1) is 9.31. The van der Waals surface area contributed by atoms with Crippen LogP contribution in [0.1, 0.15) is 5.56 Å². The molecule has 0 saturated heterocycles. The third-order valence-electron chi connectivity index (χ3n) is 1.80. The van der Waals surface area contributed by atoms with Crippen molar-refractivity contribution >= 4 is 45.7 Å². The predicted molar refractivity (Wildman–Crippen MR) is 58.6 cm³/mol. The largest absolute Gasteiger partial charge is 0.195 e. The highest BCUT2D eigenvalue weighted by Crippen LogP contribution is 2.31. The SMILES string of the molecule is Fc1cc2c(S)cc(CCl)cc2s1. The van der Waals surface area contributed by atoms with Gasteiger partial charge in [-0.25, -0.2) is 0 Å². The van der Waals surface area contributed by atoms with Crippen LogP contribution in [0.5, 0.6) is 0 Å². The molecule has 1 heterocycles.